The number of aliphatic hydroxyl groups is 1. The number of ether oxygens (including phenoxy) is 1. The highest BCUT2D eigenvalue weighted by atomic mass is 35.5. The molecule has 1 fully saturated rings. The molecule has 0 amide bonds. The lowest BCUT2D eigenvalue weighted by Gasteiger charge is -2.28. The largest absolute Gasteiger partial charge is 0.490 e. The highest BCUT2D eigenvalue weighted by Gasteiger charge is 2.59. The summed E-state index contributed by atoms with van der Waals surface area (Å²) in [5.74, 6) is -1.59. The molecule has 7 atom stereocenters. The summed E-state index contributed by atoms with van der Waals surface area (Å²) in [5, 5.41) is 10.0. The molecule has 0 bridgehead atoms. The number of nitrogens with zero attached hydrogens (tertiary/aromatic N) is 2. The molecule has 3 unspecified atom stereocenters. The van der Waals surface area contributed by atoms with Gasteiger partial charge in [0.1, 0.15) is 29.1 Å². The first-order valence-electron chi connectivity index (χ1n) is 9.26. The van der Waals surface area contributed by atoms with Gasteiger partial charge in [0.25, 0.3) is 5.56 Å². The molecule has 17 nitrogen and oxygen atoms in total. The second-order valence-electron chi connectivity index (χ2n) is 7.39. The van der Waals surface area contributed by atoms with Gasteiger partial charge in [-0.25, -0.2) is 22.5 Å². The average Bonchev–Trinajstić information content (AvgIpc) is 3.13. The number of aromatic amines is 1. The molecule has 0 spiro atoms. The third kappa shape index (κ3) is 5.89. The molecule has 0 saturated carbocycles. The number of nitrogen functional groups attached to an aromatic ring is 1. The van der Waals surface area contributed by atoms with E-state index in [4.69, 9.17) is 31.9 Å². The topological polar surface area (TPSA) is 266 Å². The van der Waals surface area contributed by atoms with E-state index in [-0.39, 0.29) is 0 Å². The molecule has 2 aromatic heterocycles. The SMILES string of the molecule is C[C@@H](OP(=O)(O)OP(=O)(O)OP(=O)(O)O)[C@H]1O[C@@H](n2cc(F)c3c(=O)[nH]c(N)nc32)C(Cl)(CF)[C@H]1O. The lowest BCUT2D eigenvalue weighted by Crippen LogP contribution is -2.46. The number of alkyl halides is 2. The van der Waals surface area contributed by atoms with Crippen molar-refractivity contribution >= 4 is 52.1 Å². The number of aromatic nitrogens is 3. The standard InChI is InChI=1S/C13H18ClF2N4O13P3/c1-4(31-35(26,27)33-36(28,29)32-34(23,24)25)7-8(21)13(14,3-15)11(30-7)20-2-5(16)6-9(20)18-12(17)19-10(6)22/h2,4,7-8,11,21H,3H2,1H3,(H,26,27)(H,28,29)(H2,23,24,25)(H3,17,18,19,22)/t4-,7-,8+,11-,13?/m1/s1. The lowest BCUT2D eigenvalue weighted by molar-refractivity contribution is -0.0732. The van der Waals surface area contributed by atoms with Crippen molar-refractivity contribution in [3.05, 3.63) is 22.4 Å². The first-order chi connectivity index (χ1) is 16.3. The number of rotatable bonds is 9. The highest BCUT2D eigenvalue weighted by Crippen LogP contribution is 2.66. The Kier molecular flexibility index (Phi) is 7.95. The number of fused-ring (bicyclic) bond motifs is 1. The van der Waals surface area contributed by atoms with Crippen LogP contribution in [0.5, 0.6) is 0 Å². The Morgan fingerprint density at radius 1 is 1.31 bits per heavy atom. The van der Waals surface area contributed by atoms with Crippen LogP contribution >= 0.6 is 35.1 Å². The van der Waals surface area contributed by atoms with Crippen LogP contribution in [0.3, 0.4) is 0 Å². The van der Waals surface area contributed by atoms with Gasteiger partial charge in [-0.05, 0) is 6.92 Å². The Hall–Kier alpha value is -1.30. The Morgan fingerprint density at radius 3 is 2.47 bits per heavy atom. The van der Waals surface area contributed by atoms with Crippen LogP contribution in [0, 0.1) is 5.82 Å². The molecule has 1 aliphatic rings. The molecule has 3 rings (SSSR count). The van der Waals surface area contributed by atoms with Crippen molar-refractivity contribution < 1.29 is 65.0 Å². The average molecular weight is 605 g/mol. The summed E-state index contributed by atoms with van der Waals surface area (Å²) in [6, 6.07) is 0. The molecule has 1 aliphatic heterocycles. The Morgan fingerprint density at radius 2 is 1.92 bits per heavy atom. The van der Waals surface area contributed by atoms with Crippen molar-refractivity contribution in [2.75, 3.05) is 12.4 Å². The van der Waals surface area contributed by atoms with Gasteiger partial charge >= 0.3 is 23.5 Å². The minimum atomic E-state index is -5.85. The Bertz CT molecular complexity index is 1370. The van der Waals surface area contributed by atoms with E-state index in [1.165, 1.54) is 0 Å². The minimum Gasteiger partial charge on any atom is -0.388 e. The van der Waals surface area contributed by atoms with Crippen molar-refractivity contribution in [2.24, 2.45) is 0 Å². The maximum atomic E-state index is 14.5. The van der Waals surface area contributed by atoms with Gasteiger partial charge in [0.15, 0.2) is 17.7 Å². The Balaban J connectivity index is 1.92. The van der Waals surface area contributed by atoms with Gasteiger partial charge in [0, 0.05) is 6.20 Å². The molecule has 204 valence electrons. The fraction of sp³-hybridized carbons (Fsp3) is 0.538. The lowest BCUT2D eigenvalue weighted by atomic mass is 9.97. The number of anilines is 1. The number of nitrogens with two attached hydrogens (primary N) is 1. The fourth-order valence-corrected chi connectivity index (χ4v) is 6.92. The Labute approximate surface area is 203 Å². The van der Waals surface area contributed by atoms with Crippen LogP contribution in [0.1, 0.15) is 13.2 Å². The fourth-order valence-electron chi connectivity index (χ4n) is 3.44. The predicted molar refractivity (Wildman–Crippen MR) is 114 cm³/mol. The zero-order valence-corrected chi connectivity index (χ0v) is 21.0. The molecule has 1 saturated heterocycles. The maximum Gasteiger partial charge on any atom is 0.490 e. The number of halogens is 3. The second-order valence-corrected chi connectivity index (χ2v) is 12.5. The van der Waals surface area contributed by atoms with E-state index in [1.54, 1.807) is 0 Å². The monoisotopic (exact) mass is 604 g/mol. The van der Waals surface area contributed by atoms with Crippen molar-refractivity contribution in [1.29, 1.82) is 0 Å². The van der Waals surface area contributed by atoms with Crippen molar-refractivity contribution in [2.45, 2.75) is 36.3 Å². The zero-order chi connectivity index (χ0) is 27.4. The van der Waals surface area contributed by atoms with E-state index in [0.717, 1.165) is 11.5 Å². The third-order valence-corrected chi connectivity index (χ3v) is 9.23. The summed E-state index contributed by atoms with van der Waals surface area (Å²) >= 11 is 6.24. The molecule has 8 N–H and O–H groups in total. The summed E-state index contributed by atoms with van der Waals surface area (Å²) in [4.78, 5) is 51.6. The van der Waals surface area contributed by atoms with Crippen molar-refractivity contribution in [3.63, 3.8) is 0 Å². The van der Waals surface area contributed by atoms with Gasteiger partial charge in [-0.1, -0.05) is 0 Å². The smallest absolute Gasteiger partial charge is 0.388 e. The van der Waals surface area contributed by atoms with E-state index in [0.29, 0.717) is 6.20 Å². The number of nitrogens with one attached hydrogen (secondary N) is 1. The molecule has 3 heterocycles. The highest BCUT2D eigenvalue weighted by molar-refractivity contribution is 7.66. The molecule has 2 aromatic rings. The van der Waals surface area contributed by atoms with Crippen LogP contribution in [0.2, 0.25) is 0 Å². The molecule has 0 aliphatic carbocycles. The molecule has 23 heteroatoms. The van der Waals surface area contributed by atoms with Crippen LogP contribution < -0.4 is 11.3 Å². The van der Waals surface area contributed by atoms with Crippen LogP contribution in [0.25, 0.3) is 11.0 Å². The van der Waals surface area contributed by atoms with Crippen LogP contribution in [-0.4, -0.2) is 69.1 Å². The van der Waals surface area contributed by atoms with E-state index < -0.39 is 87.9 Å². The quantitative estimate of drug-likeness (QED) is 0.151. The first-order valence-corrected chi connectivity index (χ1v) is 14.2. The van der Waals surface area contributed by atoms with E-state index in [2.05, 4.69) is 23.1 Å². The summed E-state index contributed by atoms with van der Waals surface area (Å²) in [5.41, 5.74) is 4.02. The van der Waals surface area contributed by atoms with Crippen molar-refractivity contribution in [1.82, 2.24) is 14.5 Å². The maximum absolute atomic E-state index is 14.5. The minimum absolute atomic E-state index is 0.453. The van der Waals surface area contributed by atoms with Gasteiger partial charge in [0.05, 0.1) is 6.10 Å². The van der Waals surface area contributed by atoms with E-state index in [1.807, 2.05) is 0 Å². The molecule has 0 radical (unpaired) electrons. The summed E-state index contributed by atoms with van der Waals surface area (Å²) in [6.45, 7) is -0.599. The third-order valence-electron chi connectivity index (χ3n) is 4.79. The van der Waals surface area contributed by atoms with Crippen LogP contribution in [-0.2, 0) is 31.6 Å². The number of phosphoric ester groups is 1. The summed E-state index contributed by atoms with van der Waals surface area (Å²) in [6.07, 6.45) is -6.86. The predicted octanol–water partition coefficient (Wildman–Crippen LogP) is 0.383. The van der Waals surface area contributed by atoms with Gasteiger partial charge in [0.2, 0.25) is 5.95 Å². The van der Waals surface area contributed by atoms with Crippen molar-refractivity contribution in [3.8, 4) is 0 Å². The van der Waals surface area contributed by atoms with Gasteiger partial charge < -0.3 is 39.7 Å². The number of hydrogen-bond acceptors (Lipinski definition) is 11. The number of H-pyrrole nitrogens is 1. The van der Waals surface area contributed by atoms with Gasteiger partial charge in [-0.3, -0.25) is 14.3 Å². The zero-order valence-electron chi connectivity index (χ0n) is 17.5. The number of aliphatic hydroxyl groups excluding tert-OH is 1. The summed E-state index contributed by atoms with van der Waals surface area (Å²) in [7, 11) is -17.2. The number of hydrogen-bond donors (Lipinski definition) is 7. The van der Waals surface area contributed by atoms with Gasteiger partial charge in [-0.2, -0.15) is 13.6 Å². The van der Waals surface area contributed by atoms with E-state index >= 15 is 0 Å². The summed E-state index contributed by atoms with van der Waals surface area (Å²) < 4.78 is 80.8. The second kappa shape index (κ2) is 9.78. The van der Waals surface area contributed by atoms with Crippen LogP contribution in [0.15, 0.2) is 11.0 Å². The number of phosphoric acid groups is 3. The van der Waals surface area contributed by atoms with Crippen LogP contribution in [0.4, 0.5) is 14.7 Å². The molecule has 0 aromatic carbocycles. The van der Waals surface area contributed by atoms with E-state index in [9.17, 15) is 42.2 Å². The normalized spacial score (nSPS) is 29.2. The first kappa shape index (κ1) is 29.3. The molecular formula is C13H18ClF2N4O13P3. The van der Waals surface area contributed by atoms with Gasteiger partial charge in [-0.15, -0.1) is 11.6 Å². The molecular weight excluding hydrogens is 587 g/mol. The molecule has 36 heavy (non-hydrogen) atoms.